The Balaban J connectivity index is 1.63. The van der Waals surface area contributed by atoms with E-state index in [1.54, 1.807) is 0 Å². The fourth-order valence-corrected chi connectivity index (χ4v) is 4.04. The third-order valence-electron chi connectivity index (χ3n) is 5.36. The van der Waals surface area contributed by atoms with Crippen LogP contribution in [0.25, 0.3) is 0 Å². The van der Waals surface area contributed by atoms with Gasteiger partial charge in [-0.1, -0.05) is 30.3 Å². The first-order chi connectivity index (χ1) is 12.0. The van der Waals surface area contributed by atoms with Crippen molar-refractivity contribution in [2.24, 2.45) is 5.92 Å². The van der Waals surface area contributed by atoms with Gasteiger partial charge in [0, 0.05) is 12.1 Å². The summed E-state index contributed by atoms with van der Waals surface area (Å²) in [5, 5.41) is 9.33. The third kappa shape index (κ3) is 4.51. The van der Waals surface area contributed by atoms with Crippen LogP contribution in [0.2, 0.25) is 0 Å². The van der Waals surface area contributed by atoms with Crippen molar-refractivity contribution >= 4 is 5.97 Å². The van der Waals surface area contributed by atoms with Crippen molar-refractivity contribution in [3.8, 4) is 0 Å². The van der Waals surface area contributed by atoms with Crippen molar-refractivity contribution in [1.82, 2.24) is 4.90 Å². The van der Waals surface area contributed by atoms with E-state index in [1.165, 1.54) is 5.56 Å². The monoisotopic (exact) mass is 341 g/mol. The van der Waals surface area contributed by atoms with Crippen LogP contribution in [-0.2, 0) is 11.3 Å². The first kappa shape index (κ1) is 17.7. The van der Waals surface area contributed by atoms with Crippen LogP contribution < -0.4 is 0 Å². The number of benzene rings is 1. The zero-order valence-electron chi connectivity index (χ0n) is 15.1. The number of hydrogen-bond acceptors (Lipinski definition) is 3. The lowest BCUT2D eigenvalue weighted by atomic mass is 9.78. The molecule has 1 fully saturated rings. The highest BCUT2D eigenvalue weighted by atomic mass is 16.4. The number of likely N-dealkylation sites (tertiary alicyclic amines) is 1. The van der Waals surface area contributed by atoms with Gasteiger partial charge >= 0.3 is 5.97 Å². The lowest BCUT2D eigenvalue weighted by Gasteiger charge is -2.36. The minimum absolute atomic E-state index is 0.110. The quantitative estimate of drug-likeness (QED) is 0.848. The third-order valence-corrected chi connectivity index (χ3v) is 5.36. The van der Waals surface area contributed by atoms with Crippen molar-refractivity contribution in [3.05, 3.63) is 59.0 Å². The largest absolute Gasteiger partial charge is 0.481 e. The fraction of sp³-hybridized carbons (Fsp3) is 0.476. The minimum atomic E-state index is -0.708. The molecule has 1 aromatic heterocycles. The summed E-state index contributed by atoms with van der Waals surface area (Å²) in [4.78, 5) is 13.8. The van der Waals surface area contributed by atoms with Gasteiger partial charge in [-0.15, -0.1) is 0 Å². The molecule has 0 saturated carbocycles. The van der Waals surface area contributed by atoms with E-state index in [2.05, 4.69) is 23.1 Å². The molecular formula is C21H27NO3. The number of aliphatic carboxylic acids is 1. The van der Waals surface area contributed by atoms with Gasteiger partial charge in [-0.3, -0.25) is 9.69 Å². The number of carbonyl (C=O) groups is 1. The molecule has 0 radical (unpaired) electrons. The molecule has 0 bridgehead atoms. The Morgan fingerprint density at radius 2 is 1.92 bits per heavy atom. The smallest absolute Gasteiger partial charge is 0.303 e. The topological polar surface area (TPSA) is 53.7 Å². The van der Waals surface area contributed by atoms with Crippen LogP contribution >= 0.6 is 0 Å². The molecule has 134 valence electrons. The van der Waals surface area contributed by atoms with Gasteiger partial charge in [0.15, 0.2) is 0 Å². The highest BCUT2D eigenvalue weighted by molar-refractivity contribution is 5.68. The SMILES string of the molecule is Cc1cc(CN2CCC(C(CC(=O)O)c3ccccc3)CC2)c(C)o1. The van der Waals surface area contributed by atoms with E-state index in [0.717, 1.165) is 49.6 Å². The second-order valence-corrected chi connectivity index (χ2v) is 7.17. The van der Waals surface area contributed by atoms with Gasteiger partial charge in [0.2, 0.25) is 0 Å². The zero-order valence-corrected chi connectivity index (χ0v) is 15.1. The summed E-state index contributed by atoms with van der Waals surface area (Å²) >= 11 is 0. The second kappa shape index (κ2) is 7.87. The van der Waals surface area contributed by atoms with E-state index in [1.807, 2.05) is 32.0 Å². The maximum atomic E-state index is 11.4. The number of carboxylic acid groups (broad SMARTS) is 1. The van der Waals surface area contributed by atoms with E-state index < -0.39 is 5.97 Å². The van der Waals surface area contributed by atoms with Gasteiger partial charge < -0.3 is 9.52 Å². The molecule has 1 aliphatic rings. The molecule has 1 unspecified atom stereocenters. The Labute approximate surface area is 149 Å². The van der Waals surface area contributed by atoms with Crippen molar-refractivity contribution in [1.29, 1.82) is 0 Å². The molecule has 4 heteroatoms. The first-order valence-electron chi connectivity index (χ1n) is 9.08. The minimum Gasteiger partial charge on any atom is -0.481 e. The van der Waals surface area contributed by atoms with Gasteiger partial charge in [0.25, 0.3) is 0 Å². The second-order valence-electron chi connectivity index (χ2n) is 7.17. The Morgan fingerprint density at radius 3 is 2.48 bits per heavy atom. The standard InChI is InChI=1S/C21H27NO3/c1-15-12-19(16(2)25-15)14-22-10-8-18(9-11-22)20(13-21(23)24)17-6-4-3-5-7-17/h3-7,12,18,20H,8-11,13-14H2,1-2H3,(H,23,24). The van der Waals surface area contributed by atoms with Gasteiger partial charge in [-0.05, 0) is 63.2 Å². The number of furan rings is 1. The highest BCUT2D eigenvalue weighted by Gasteiger charge is 2.29. The number of aryl methyl sites for hydroxylation is 2. The average molecular weight is 341 g/mol. The average Bonchev–Trinajstić information content (AvgIpc) is 2.91. The molecule has 1 saturated heterocycles. The van der Waals surface area contributed by atoms with Gasteiger partial charge in [0.05, 0.1) is 6.42 Å². The van der Waals surface area contributed by atoms with Gasteiger partial charge in [0.1, 0.15) is 11.5 Å². The van der Waals surface area contributed by atoms with Crippen LogP contribution in [0.5, 0.6) is 0 Å². The molecular weight excluding hydrogens is 314 g/mol. The highest BCUT2D eigenvalue weighted by Crippen LogP contribution is 2.35. The molecule has 1 atom stereocenters. The summed E-state index contributed by atoms with van der Waals surface area (Å²) in [6.07, 6.45) is 2.31. The van der Waals surface area contributed by atoms with Crippen LogP contribution in [-0.4, -0.2) is 29.1 Å². The summed E-state index contributed by atoms with van der Waals surface area (Å²) in [5.41, 5.74) is 2.42. The Bertz CT molecular complexity index is 699. The van der Waals surface area contributed by atoms with Crippen LogP contribution in [0, 0.1) is 19.8 Å². The number of nitrogens with zero attached hydrogens (tertiary/aromatic N) is 1. The van der Waals surface area contributed by atoms with E-state index in [4.69, 9.17) is 4.42 Å². The molecule has 1 N–H and O–H groups in total. The maximum absolute atomic E-state index is 11.4. The van der Waals surface area contributed by atoms with Crippen LogP contribution in [0.4, 0.5) is 0 Å². The molecule has 2 heterocycles. The summed E-state index contributed by atoms with van der Waals surface area (Å²) in [6, 6.07) is 12.2. The molecule has 1 aliphatic heterocycles. The lowest BCUT2D eigenvalue weighted by molar-refractivity contribution is -0.137. The number of hydrogen-bond donors (Lipinski definition) is 1. The van der Waals surface area contributed by atoms with E-state index in [0.29, 0.717) is 5.92 Å². The Hall–Kier alpha value is -2.07. The van der Waals surface area contributed by atoms with Crippen molar-refractivity contribution in [3.63, 3.8) is 0 Å². The molecule has 0 aliphatic carbocycles. The van der Waals surface area contributed by atoms with Gasteiger partial charge in [-0.2, -0.15) is 0 Å². The molecule has 3 rings (SSSR count). The van der Waals surface area contributed by atoms with Crippen molar-refractivity contribution in [2.75, 3.05) is 13.1 Å². The van der Waals surface area contributed by atoms with E-state index >= 15 is 0 Å². The molecule has 4 nitrogen and oxygen atoms in total. The molecule has 0 spiro atoms. The first-order valence-corrected chi connectivity index (χ1v) is 9.08. The molecule has 2 aromatic rings. The van der Waals surface area contributed by atoms with Crippen LogP contribution in [0.15, 0.2) is 40.8 Å². The van der Waals surface area contributed by atoms with E-state index in [9.17, 15) is 9.90 Å². The fourth-order valence-electron chi connectivity index (χ4n) is 4.04. The predicted molar refractivity (Wildman–Crippen MR) is 97.6 cm³/mol. The maximum Gasteiger partial charge on any atom is 0.303 e. The Kier molecular flexibility index (Phi) is 5.59. The summed E-state index contributed by atoms with van der Waals surface area (Å²) in [5.74, 6) is 1.81. The predicted octanol–water partition coefficient (Wildman–Crippen LogP) is 4.37. The Morgan fingerprint density at radius 1 is 1.24 bits per heavy atom. The summed E-state index contributed by atoms with van der Waals surface area (Å²) < 4.78 is 5.63. The summed E-state index contributed by atoms with van der Waals surface area (Å²) in [6.45, 7) is 6.95. The zero-order chi connectivity index (χ0) is 17.8. The van der Waals surface area contributed by atoms with Crippen LogP contribution in [0.1, 0.15) is 47.8 Å². The van der Waals surface area contributed by atoms with Crippen molar-refractivity contribution in [2.45, 2.75) is 45.6 Å². The van der Waals surface area contributed by atoms with Crippen molar-refractivity contribution < 1.29 is 14.3 Å². The molecule has 0 amide bonds. The molecule has 25 heavy (non-hydrogen) atoms. The molecule has 1 aromatic carbocycles. The number of rotatable bonds is 6. The van der Waals surface area contributed by atoms with E-state index in [-0.39, 0.29) is 12.3 Å². The number of piperidine rings is 1. The number of carboxylic acids is 1. The van der Waals surface area contributed by atoms with Crippen LogP contribution in [0.3, 0.4) is 0 Å². The van der Waals surface area contributed by atoms with Gasteiger partial charge in [-0.25, -0.2) is 0 Å². The summed E-state index contributed by atoms with van der Waals surface area (Å²) in [7, 11) is 0. The normalized spacial score (nSPS) is 17.5. The lowest BCUT2D eigenvalue weighted by Crippen LogP contribution is -2.35.